The number of likely N-dealkylation sites (tertiary alicyclic amines) is 1. The second kappa shape index (κ2) is 6.14. The lowest BCUT2D eigenvalue weighted by Gasteiger charge is -2.17. The first-order valence-electron chi connectivity index (χ1n) is 9.01. The van der Waals surface area contributed by atoms with Crippen LogP contribution in [-0.2, 0) is 20.8 Å². The quantitative estimate of drug-likeness (QED) is 0.662. The molecule has 3 amide bonds. The third kappa shape index (κ3) is 2.68. The number of benzene rings is 1. The molecule has 1 aromatic rings. The van der Waals surface area contributed by atoms with Gasteiger partial charge in [0.2, 0.25) is 17.7 Å². The van der Waals surface area contributed by atoms with E-state index in [-0.39, 0.29) is 54.4 Å². The number of imide groups is 1. The highest BCUT2D eigenvalue weighted by atomic mass is 16.2. The summed E-state index contributed by atoms with van der Waals surface area (Å²) in [6.45, 7) is 2.25. The number of allylic oxidation sites excluding steroid dienone is 2. The molecule has 0 unspecified atom stereocenters. The normalized spacial score (nSPS) is 29.4. The van der Waals surface area contributed by atoms with Gasteiger partial charge in [-0.2, -0.15) is 0 Å². The van der Waals surface area contributed by atoms with Crippen LogP contribution in [-0.4, -0.2) is 29.2 Å². The first-order chi connectivity index (χ1) is 12.1. The summed E-state index contributed by atoms with van der Waals surface area (Å²) in [6, 6.07) is 7.70. The second-order valence-electron chi connectivity index (χ2n) is 7.18. The topological polar surface area (TPSA) is 66.5 Å². The molecule has 0 radical (unpaired) electrons. The van der Waals surface area contributed by atoms with Crippen molar-refractivity contribution in [3.8, 4) is 0 Å². The summed E-state index contributed by atoms with van der Waals surface area (Å²) in [4.78, 5) is 38.6. The molecule has 1 N–H and O–H groups in total. The van der Waals surface area contributed by atoms with Gasteiger partial charge in [0.1, 0.15) is 0 Å². The van der Waals surface area contributed by atoms with Crippen LogP contribution in [0.25, 0.3) is 0 Å². The molecule has 25 heavy (non-hydrogen) atoms. The molecule has 1 heterocycles. The van der Waals surface area contributed by atoms with E-state index in [0.29, 0.717) is 0 Å². The van der Waals surface area contributed by atoms with E-state index in [2.05, 4.69) is 24.4 Å². The van der Waals surface area contributed by atoms with E-state index in [1.54, 1.807) is 0 Å². The van der Waals surface area contributed by atoms with E-state index in [0.717, 1.165) is 18.5 Å². The van der Waals surface area contributed by atoms with E-state index in [1.165, 1.54) is 10.5 Å². The third-order valence-corrected chi connectivity index (χ3v) is 5.77. The molecule has 2 aliphatic carbocycles. The Bertz CT molecular complexity index is 723. The Morgan fingerprint density at radius 1 is 1.08 bits per heavy atom. The van der Waals surface area contributed by atoms with Gasteiger partial charge in [-0.25, -0.2) is 0 Å². The Labute approximate surface area is 147 Å². The van der Waals surface area contributed by atoms with Crippen molar-refractivity contribution in [1.29, 1.82) is 0 Å². The summed E-state index contributed by atoms with van der Waals surface area (Å²) in [7, 11) is 0. The second-order valence-corrected chi connectivity index (χ2v) is 7.18. The summed E-state index contributed by atoms with van der Waals surface area (Å²) >= 11 is 0. The lowest BCUT2D eigenvalue weighted by Crippen LogP contribution is -2.35. The van der Waals surface area contributed by atoms with Gasteiger partial charge in [-0.15, -0.1) is 0 Å². The first kappa shape index (κ1) is 16.1. The van der Waals surface area contributed by atoms with E-state index >= 15 is 0 Å². The number of aryl methyl sites for hydroxylation is 1. The van der Waals surface area contributed by atoms with Crippen LogP contribution >= 0.6 is 0 Å². The van der Waals surface area contributed by atoms with Crippen LogP contribution in [0.3, 0.4) is 0 Å². The molecule has 0 spiro atoms. The van der Waals surface area contributed by atoms with Crippen molar-refractivity contribution < 1.29 is 14.4 Å². The predicted molar refractivity (Wildman–Crippen MR) is 93.5 cm³/mol. The number of fused-ring (bicyclic) bond motifs is 5. The molecule has 1 saturated carbocycles. The first-order valence-corrected chi connectivity index (χ1v) is 9.01. The lowest BCUT2D eigenvalue weighted by molar-refractivity contribution is -0.140. The molecule has 1 aromatic carbocycles. The number of hydrogen-bond acceptors (Lipinski definition) is 3. The molecular weight excluding hydrogens is 316 g/mol. The standard InChI is InChI=1S/C20H22N2O3/c1-2-12-3-7-15(8-4-12)21-16(23)9-10-22-19(24)17-13-5-6-14(11-13)18(17)20(22)25/h3-8,13-14,17-18H,2,9-11H2,1H3,(H,21,23)/t13-,14-,17-,18-/m0/s1. The van der Waals surface area contributed by atoms with Crippen molar-refractivity contribution in [3.63, 3.8) is 0 Å². The maximum absolute atomic E-state index is 12.6. The zero-order chi connectivity index (χ0) is 17.6. The van der Waals surface area contributed by atoms with E-state index in [4.69, 9.17) is 0 Å². The number of carbonyl (C=O) groups excluding carboxylic acids is 3. The predicted octanol–water partition coefficient (Wildman–Crippen LogP) is 2.38. The number of carbonyl (C=O) groups is 3. The van der Waals surface area contributed by atoms with Crippen LogP contribution in [0.5, 0.6) is 0 Å². The molecule has 4 rings (SSSR count). The van der Waals surface area contributed by atoms with Gasteiger partial charge in [-0.3, -0.25) is 19.3 Å². The average Bonchev–Trinajstić information content (AvgIpc) is 3.29. The molecule has 0 aromatic heterocycles. The zero-order valence-electron chi connectivity index (χ0n) is 14.3. The summed E-state index contributed by atoms with van der Waals surface area (Å²) in [6.07, 6.45) is 6.16. The van der Waals surface area contributed by atoms with Crippen LogP contribution in [0.15, 0.2) is 36.4 Å². The van der Waals surface area contributed by atoms with Crippen molar-refractivity contribution in [3.05, 3.63) is 42.0 Å². The van der Waals surface area contributed by atoms with Crippen LogP contribution in [0.4, 0.5) is 5.69 Å². The molecule has 4 atom stereocenters. The van der Waals surface area contributed by atoms with Crippen LogP contribution < -0.4 is 5.32 Å². The molecule has 1 saturated heterocycles. The third-order valence-electron chi connectivity index (χ3n) is 5.77. The van der Waals surface area contributed by atoms with Gasteiger partial charge in [0.05, 0.1) is 11.8 Å². The number of nitrogens with zero attached hydrogens (tertiary/aromatic N) is 1. The number of rotatable bonds is 5. The van der Waals surface area contributed by atoms with Gasteiger partial charge in [-0.1, -0.05) is 31.2 Å². The Morgan fingerprint density at radius 2 is 1.68 bits per heavy atom. The summed E-state index contributed by atoms with van der Waals surface area (Å²) in [5, 5.41) is 2.83. The van der Waals surface area contributed by atoms with Crippen LogP contribution in [0.2, 0.25) is 0 Å². The van der Waals surface area contributed by atoms with Gasteiger partial charge in [0.25, 0.3) is 0 Å². The number of hydrogen-bond donors (Lipinski definition) is 1. The minimum absolute atomic E-state index is 0.0908. The number of anilines is 1. The minimum atomic E-state index is -0.188. The highest BCUT2D eigenvalue weighted by Gasteiger charge is 2.58. The highest BCUT2D eigenvalue weighted by Crippen LogP contribution is 2.52. The molecule has 5 heteroatoms. The van der Waals surface area contributed by atoms with Gasteiger partial charge >= 0.3 is 0 Å². The van der Waals surface area contributed by atoms with Gasteiger partial charge < -0.3 is 5.32 Å². The maximum Gasteiger partial charge on any atom is 0.233 e. The molecule has 2 bridgehead atoms. The maximum atomic E-state index is 12.6. The fraction of sp³-hybridized carbons (Fsp3) is 0.450. The Hall–Kier alpha value is -2.43. The van der Waals surface area contributed by atoms with Crippen LogP contribution in [0.1, 0.15) is 25.3 Å². The number of nitrogens with one attached hydrogen (secondary N) is 1. The van der Waals surface area contributed by atoms with Gasteiger partial charge in [-0.05, 0) is 42.4 Å². The van der Waals surface area contributed by atoms with Gasteiger partial charge in [0, 0.05) is 18.7 Å². The smallest absolute Gasteiger partial charge is 0.233 e. The fourth-order valence-electron chi connectivity index (χ4n) is 4.45. The lowest BCUT2D eigenvalue weighted by atomic mass is 9.85. The minimum Gasteiger partial charge on any atom is -0.326 e. The Kier molecular flexibility index (Phi) is 3.94. The molecule has 2 fully saturated rings. The number of amides is 3. The van der Waals surface area contributed by atoms with E-state index in [9.17, 15) is 14.4 Å². The summed E-state index contributed by atoms with van der Waals surface area (Å²) in [5.41, 5.74) is 1.95. The largest absolute Gasteiger partial charge is 0.326 e. The van der Waals surface area contributed by atoms with Crippen molar-refractivity contribution in [2.24, 2.45) is 23.7 Å². The van der Waals surface area contributed by atoms with E-state index in [1.807, 2.05) is 24.3 Å². The van der Waals surface area contributed by atoms with E-state index < -0.39 is 0 Å². The summed E-state index contributed by atoms with van der Waals surface area (Å²) < 4.78 is 0. The fourth-order valence-corrected chi connectivity index (χ4v) is 4.45. The van der Waals surface area contributed by atoms with Gasteiger partial charge in [0.15, 0.2) is 0 Å². The highest BCUT2D eigenvalue weighted by molar-refractivity contribution is 6.06. The molecular formula is C20H22N2O3. The molecule has 130 valence electrons. The SMILES string of the molecule is CCc1ccc(NC(=O)CCN2C(=O)[C@@H]3[C@@H](C2=O)[C@H]2C=C[C@H]3C2)cc1. The molecule has 5 nitrogen and oxygen atoms in total. The van der Waals surface area contributed by atoms with Crippen molar-refractivity contribution in [2.45, 2.75) is 26.2 Å². The molecule has 1 aliphatic heterocycles. The van der Waals surface area contributed by atoms with Crippen LogP contribution in [0, 0.1) is 23.7 Å². The monoisotopic (exact) mass is 338 g/mol. The van der Waals surface area contributed by atoms with Crippen molar-refractivity contribution >= 4 is 23.4 Å². The van der Waals surface area contributed by atoms with Crippen molar-refractivity contribution in [2.75, 3.05) is 11.9 Å². The van der Waals surface area contributed by atoms with Crippen molar-refractivity contribution in [1.82, 2.24) is 4.90 Å². The summed E-state index contributed by atoms with van der Waals surface area (Å²) in [5.74, 6) is -0.314. The molecule has 3 aliphatic rings. The Balaban J connectivity index is 1.34. The zero-order valence-corrected chi connectivity index (χ0v) is 14.3. The average molecular weight is 338 g/mol. The Morgan fingerprint density at radius 3 is 2.24 bits per heavy atom.